The number of para-hydroxylation sites is 1. The van der Waals surface area contributed by atoms with Crippen molar-refractivity contribution in [2.24, 2.45) is 5.92 Å². The van der Waals surface area contributed by atoms with Crippen molar-refractivity contribution in [1.82, 2.24) is 5.32 Å². The minimum Gasteiger partial charge on any atom is -0.489 e. The van der Waals surface area contributed by atoms with Gasteiger partial charge in [-0.1, -0.05) is 74.2 Å². The van der Waals surface area contributed by atoms with Crippen LogP contribution in [0.4, 0.5) is 0 Å². The fourth-order valence-corrected chi connectivity index (χ4v) is 3.77. The molecule has 0 saturated heterocycles. The highest BCUT2D eigenvalue weighted by atomic mass is 16.5. The fraction of sp³-hybridized carbons (Fsp3) is 0.333. The van der Waals surface area contributed by atoms with E-state index in [1.165, 1.54) is 0 Å². The van der Waals surface area contributed by atoms with Crippen LogP contribution in [0.1, 0.15) is 49.8 Å². The van der Waals surface area contributed by atoms with E-state index in [-0.39, 0.29) is 24.3 Å². The van der Waals surface area contributed by atoms with Gasteiger partial charge in [-0.2, -0.15) is 0 Å². The lowest BCUT2D eigenvalue weighted by atomic mass is 10.0. The number of allylic oxidation sites excluding steroid dienone is 1. The Labute approximate surface area is 190 Å². The van der Waals surface area contributed by atoms with Crippen LogP contribution in [0.2, 0.25) is 0 Å². The number of nitrogens with one attached hydrogen (secondary N) is 1. The maximum atomic E-state index is 13.0. The summed E-state index contributed by atoms with van der Waals surface area (Å²) in [6.45, 7) is 8.17. The molecule has 1 N–H and O–H groups in total. The van der Waals surface area contributed by atoms with Gasteiger partial charge in [0.05, 0.1) is 6.61 Å². The monoisotopic (exact) mass is 433 g/mol. The zero-order valence-corrected chi connectivity index (χ0v) is 18.8. The van der Waals surface area contributed by atoms with Crippen LogP contribution in [0, 0.1) is 5.92 Å². The minimum absolute atomic E-state index is 0.149. The van der Waals surface area contributed by atoms with Crippen molar-refractivity contribution in [1.29, 1.82) is 0 Å². The molecule has 0 bridgehead atoms. The standard InChI is InChI=1S/C27H31NO4/c1-4-12-19(5-2)18-32-24-16-11-10-15-21(24)25(27(30)31-6-3)28-26(29)23-17-22(23)20-13-8-7-9-14-20/h5,7-16,22-23,25H,2,4,6,17-18H2,1,3H3,(H,28,29)/b19-12+/t22-,23+,25?/m0/s1. The zero-order chi connectivity index (χ0) is 22.9. The predicted octanol–water partition coefficient (Wildman–Crippen LogP) is 5.11. The van der Waals surface area contributed by atoms with E-state index in [4.69, 9.17) is 9.47 Å². The molecule has 1 saturated carbocycles. The number of ether oxygens (including phenoxy) is 2. The molecule has 1 fully saturated rings. The summed E-state index contributed by atoms with van der Waals surface area (Å²) in [4.78, 5) is 25.8. The highest BCUT2D eigenvalue weighted by Gasteiger charge is 2.45. The Morgan fingerprint density at radius 3 is 2.53 bits per heavy atom. The van der Waals surface area contributed by atoms with Gasteiger partial charge in [-0.3, -0.25) is 4.79 Å². The molecule has 1 aliphatic carbocycles. The number of benzene rings is 2. The van der Waals surface area contributed by atoms with Gasteiger partial charge in [0.1, 0.15) is 12.4 Å². The van der Waals surface area contributed by atoms with E-state index in [0.29, 0.717) is 17.9 Å². The lowest BCUT2D eigenvalue weighted by Crippen LogP contribution is -2.36. The van der Waals surface area contributed by atoms with Gasteiger partial charge in [0, 0.05) is 11.5 Å². The molecular formula is C27H31NO4. The smallest absolute Gasteiger partial charge is 0.333 e. The highest BCUT2D eigenvalue weighted by molar-refractivity contribution is 5.89. The quantitative estimate of drug-likeness (QED) is 0.395. The summed E-state index contributed by atoms with van der Waals surface area (Å²) in [6, 6.07) is 16.3. The first kappa shape index (κ1) is 23.3. The second-order valence-electron chi connectivity index (χ2n) is 7.77. The summed E-state index contributed by atoms with van der Waals surface area (Å²) >= 11 is 0. The molecule has 32 heavy (non-hydrogen) atoms. The van der Waals surface area contributed by atoms with Crippen LogP contribution in [0.3, 0.4) is 0 Å². The van der Waals surface area contributed by atoms with Crippen molar-refractivity contribution in [3.05, 3.63) is 90.0 Å². The summed E-state index contributed by atoms with van der Waals surface area (Å²) in [6.07, 6.45) is 5.44. The molecule has 168 valence electrons. The average Bonchev–Trinajstić information content (AvgIpc) is 3.62. The van der Waals surface area contributed by atoms with Crippen molar-refractivity contribution < 1.29 is 19.1 Å². The average molecular weight is 434 g/mol. The Morgan fingerprint density at radius 1 is 1.12 bits per heavy atom. The summed E-state index contributed by atoms with van der Waals surface area (Å²) in [5.41, 5.74) is 2.68. The molecule has 1 unspecified atom stereocenters. The number of esters is 1. The van der Waals surface area contributed by atoms with Crippen LogP contribution in [-0.4, -0.2) is 25.1 Å². The Balaban J connectivity index is 1.78. The molecule has 0 spiro atoms. The molecule has 2 aromatic carbocycles. The van der Waals surface area contributed by atoms with E-state index in [9.17, 15) is 9.59 Å². The lowest BCUT2D eigenvalue weighted by Gasteiger charge is -2.21. The molecular weight excluding hydrogens is 402 g/mol. The maximum absolute atomic E-state index is 13.0. The molecule has 3 atom stereocenters. The Hall–Kier alpha value is -3.34. The molecule has 5 heteroatoms. The van der Waals surface area contributed by atoms with Gasteiger partial charge in [-0.15, -0.1) is 0 Å². The molecule has 1 aliphatic rings. The van der Waals surface area contributed by atoms with Crippen LogP contribution in [-0.2, 0) is 14.3 Å². The first-order valence-electron chi connectivity index (χ1n) is 11.1. The summed E-state index contributed by atoms with van der Waals surface area (Å²) < 4.78 is 11.3. The van der Waals surface area contributed by atoms with Crippen molar-refractivity contribution >= 4 is 11.9 Å². The summed E-state index contributed by atoms with van der Waals surface area (Å²) in [5.74, 6) is -0.0848. The van der Waals surface area contributed by atoms with Gasteiger partial charge in [0.2, 0.25) is 5.91 Å². The van der Waals surface area contributed by atoms with Gasteiger partial charge in [-0.05, 0) is 42.9 Å². The SMILES string of the molecule is C=C/C(=C\CC)COc1ccccc1C(NC(=O)[C@@H]1C[C@H]1c1ccccc1)C(=O)OCC. The minimum atomic E-state index is -0.932. The van der Waals surface area contributed by atoms with Crippen molar-refractivity contribution in [3.63, 3.8) is 0 Å². The number of amides is 1. The Bertz CT molecular complexity index is 967. The Kier molecular flexibility index (Phi) is 8.26. The van der Waals surface area contributed by atoms with Gasteiger partial charge < -0.3 is 14.8 Å². The third kappa shape index (κ3) is 5.88. The van der Waals surface area contributed by atoms with Crippen LogP contribution in [0.25, 0.3) is 0 Å². The first-order chi connectivity index (χ1) is 15.6. The predicted molar refractivity (Wildman–Crippen MR) is 125 cm³/mol. The number of hydrogen-bond donors (Lipinski definition) is 1. The third-order valence-electron chi connectivity index (χ3n) is 5.52. The van der Waals surface area contributed by atoms with Crippen molar-refractivity contribution in [2.75, 3.05) is 13.2 Å². The van der Waals surface area contributed by atoms with E-state index in [0.717, 1.165) is 24.0 Å². The zero-order valence-electron chi connectivity index (χ0n) is 18.8. The molecule has 0 aliphatic heterocycles. The van der Waals surface area contributed by atoms with E-state index < -0.39 is 12.0 Å². The van der Waals surface area contributed by atoms with Gasteiger partial charge in [0.25, 0.3) is 0 Å². The lowest BCUT2D eigenvalue weighted by molar-refractivity contribution is -0.147. The van der Waals surface area contributed by atoms with Crippen molar-refractivity contribution in [2.45, 2.75) is 38.6 Å². The van der Waals surface area contributed by atoms with E-state index >= 15 is 0 Å². The number of carbonyl (C=O) groups is 2. The Morgan fingerprint density at radius 2 is 1.84 bits per heavy atom. The largest absolute Gasteiger partial charge is 0.489 e. The third-order valence-corrected chi connectivity index (χ3v) is 5.52. The molecule has 3 rings (SSSR count). The van der Waals surface area contributed by atoms with Gasteiger partial charge >= 0.3 is 5.97 Å². The number of hydrogen-bond acceptors (Lipinski definition) is 4. The van der Waals surface area contributed by atoms with Crippen LogP contribution >= 0.6 is 0 Å². The van der Waals surface area contributed by atoms with E-state index in [1.807, 2.05) is 55.5 Å². The number of rotatable bonds is 11. The normalized spacial score (nSPS) is 18.4. The summed E-state index contributed by atoms with van der Waals surface area (Å²) in [5, 5.41) is 2.92. The highest BCUT2D eigenvalue weighted by Crippen LogP contribution is 2.47. The first-order valence-corrected chi connectivity index (χ1v) is 11.1. The molecule has 0 radical (unpaired) electrons. The fourth-order valence-electron chi connectivity index (χ4n) is 3.77. The number of carbonyl (C=O) groups excluding carboxylic acids is 2. The molecule has 5 nitrogen and oxygen atoms in total. The molecule has 2 aromatic rings. The second kappa shape index (κ2) is 11.3. The van der Waals surface area contributed by atoms with Gasteiger partial charge in [-0.25, -0.2) is 4.79 Å². The molecule has 0 heterocycles. The second-order valence-corrected chi connectivity index (χ2v) is 7.77. The topological polar surface area (TPSA) is 64.6 Å². The summed E-state index contributed by atoms with van der Waals surface area (Å²) in [7, 11) is 0. The molecule has 1 amide bonds. The van der Waals surface area contributed by atoms with Crippen LogP contribution in [0.5, 0.6) is 5.75 Å². The van der Waals surface area contributed by atoms with Crippen LogP contribution in [0.15, 0.2) is 78.9 Å². The maximum Gasteiger partial charge on any atom is 0.333 e. The van der Waals surface area contributed by atoms with Crippen LogP contribution < -0.4 is 10.1 Å². The van der Waals surface area contributed by atoms with Gasteiger partial charge in [0.15, 0.2) is 6.04 Å². The molecule has 0 aromatic heterocycles. The van der Waals surface area contributed by atoms with E-state index in [1.54, 1.807) is 25.1 Å². The van der Waals surface area contributed by atoms with E-state index in [2.05, 4.69) is 11.9 Å². The van der Waals surface area contributed by atoms with Crippen molar-refractivity contribution in [3.8, 4) is 5.75 Å².